The van der Waals surface area contributed by atoms with E-state index in [4.69, 9.17) is 28.8 Å². The maximum Gasteiger partial charge on any atom is 0.407 e. The summed E-state index contributed by atoms with van der Waals surface area (Å²) >= 11 is 0. The van der Waals surface area contributed by atoms with Crippen LogP contribution in [0.15, 0.2) is 121 Å². The van der Waals surface area contributed by atoms with Crippen LogP contribution in [-0.4, -0.2) is 85.1 Å². The van der Waals surface area contributed by atoms with E-state index in [0.29, 0.717) is 30.4 Å². The highest BCUT2D eigenvalue weighted by Crippen LogP contribution is 2.20. The molecule has 13 nitrogen and oxygen atoms in total. The average Bonchev–Trinajstić information content (AvgIpc) is 3.21. The molecule has 0 spiro atoms. The van der Waals surface area contributed by atoms with Crippen LogP contribution in [0.25, 0.3) is 0 Å². The predicted molar refractivity (Wildman–Crippen MR) is 234 cm³/mol. The van der Waals surface area contributed by atoms with Crippen molar-refractivity contribution in [1.29, 1.82) is 0 Å². The van der Waals surface area contributed by atoms with Crippen molar-refractivity contribution in [1.82, 2.24) is 10.6 Å². The number of esters is 1. The zero-order valence-electron chi connectivity index (χ0n) is 36.7. The molecule has 0 aliphatic rings. The summed E-state index contributed by atoms with van der Waals surface area (Å²) in [4.78, 5) is 46.8. The normalized spacial score (nSPS) is 12.9. The number of aliphatic carboxylic acids is 1. The van der Waals surface area contributed by atoms with E-state index < -0.39 is 59.7 Å². The molecule has 61 heavy (non-hydrogen) atoms. The van der Waals surface area contributed by atoms with E-state index in [-0.39, 0.29) is 13.1 Å². The molecule has 0 aliphatic heterocycles. The number of carboxylic acid groups (broad SMARTS) is 1. The lowest BCUT2D eigenvalue weighted by molar-refractivity contribution is -0.161. The van der Waals surface area contributed by atoms with Gasteiger partial charge in [-0.3, -0.25) is 0 Å². The fourth-order valence-electron chi connectivity index (χ4n) is 5.51. The van der Waals surface area contributed by atoms with E-state index in [1.807, 2.05) is 97.1 Å². The summed E-state index contributed by atoms with van der Waals surface area (Å²) in [6.07, 6.45) is -1.15. The van der Waals surface area contributed by atoms with Crippen LogP contribution >= 0.6 is 0 Å². The number of ether oxygens (including phenoxy) is 5. The van der Waals surface area contributed by atoms with Crippen molar-refractivity contribution in [2.75, 3.05) is 27.3 Å². The molecule has 13 heteroatoms. The van der Waals surface area contributed by atoms with Gasteiger partial charge < -0.3 is 44.5 Å². The first-order valence-corrected chi connectivity index (χ1v) is 20.2. The van der Waals surface area contributed by atoms with Crippen LogP contribution in [0.1, 0.15) is 88.8 Å². The Labute approximate surface area is 360 Å². The van der Waals surface area contributed by atoms with Crippen molar-refractivity contribution in [2.45, 2.75) is 103 Å². The van der Waals surface area contributed by atoms with Crippen LogP contribution in [0.5, 0.6) is 0 Å². The molecule has 0 saturated carbocycles. The van der Waals surface area contributed by atoms with E-state index in [2.05, 4.69) is 10.6 Å². The van der Waals surface area contributed by atoms with E-state index in [1.54, 1.807) is 65.8 Å². The summed E-state index contributed by atoms with van der Waals surface area (Å²) < 4.78 is 26.3. The fourth-order valence-corrected chi connectivity index (χ4v) is 5.51. The van der Waals surface area contributed by atoms with Gasteiger partial charge in [-0.2, -0.15) is 0 Å². The van der Waals surface area contributed by atoms with Gasteiger partial charge in [-0.25, -0.2) is 19.2 Å². The minimum absolute atomic E-state index is 0.151. The molecule has 0 radical (unpaired) electrons. The number of benzene rings is 4. The van der Waals surface area contributed by atoms with Gasteiger partial charge in [-0.1, -0.05) is 121 Å². The molecule has 332 valence electrons. The monoisotopic (exact) mass is 844 g/mol. The number of amides is 2. The number of carbonyl (C=O) groups is 4. The van der Waals surface area contributed by atoms with Crippen LogP contribution in [-0.2, 0) is 46.1 Å². The van der Waals surface area contributed by atoms with Crippen LogP contribution in [0, 0.1) is 0 Å². The number of aryl methyl sites for hydroxylation is 2. The summed E-state index contributed by atoms with van der Waals surface area (Å²) in [7, 11) is 2.85. The van der Waals surface area contributed by atoms with Crippen molar-refractivity contribution < 1.29 is 53.1 Å². The second-order valence-corrected chi connectivity index (χ2v) is 15.9. The molecule has 0 aliphatic carbocycles. The highest BCUT2D eigenvalue weighted by molar-refractivity contribution is 5.77. The number of hydrogen-bond acceptors (Lipinski definition) is 10. The number of aliphatic hydroxyl groups excluding tert-OH is 1. The molecule has 0 heterocycles. The van der Waals surface area contributed by atoms with Gasteiger partial charge in [0.25, 0.3) is 0 Å². The van der Waals surface area contributed by atoms with Crippen molar-refractivity contribution in [3.63, 3.8) is 0 Å². The third-order valence-corrected chi connectivity index (χ3v) is 8.36. The van der Waals surface area contributed by atoms with Crippen molar-refractivity contribution in [3.8, 4) is 0 Å². The van der Waals surface area contributed by atoms with Gasteiger partial charge in [-0.15, -0.1) is 0 Å². The first-order chi connectivity index (χ1) is 28.9. The minimum atomic E-state index is -0.969. The third kappa shape index (κ3) is 23.0. The average molecular weight is 845 g/mol. The van der Waals surface area contributed by atoms with Gasteiger partial charge >= 0.3 is 24.1 Å². The molecular formula is C48H64N2O11. The van der Waals surface area contributed by atoms with Gasteiger partial charge in [0.2, 0.25) is 0 Å². The Morgan fingerprint density at radius 3 is 1.33 bits per heavy atom. The first kappa shape index (κ1) is 51.4. The van der Waals surface area contributed by atoms with Gasteiger partial charge in [0.1, 0.15) is 17.3 Å². The molecule has 0 unspecified atom stereocenters. The molecule has 0 fully saturated rings. The van der Waals surface area contributed by atoms with Crippen LogP contribution in [0.3, 0.4) is 0 Å². The quantitative estimate of drug-likeness (QED) is 0.0593. The van der Waals surface area contributed by atoms with E-state index in [1.165, 1.54) is 19.8 Å². The highest BCUT2D eigenvalue weighted by Gasteiger charge is 2.26. The molecule has 4 N–H and O–H groups in total. The summed E-state index contributed by atoms with van der Waals surface area (Å²) in [5.41, 5.74) is 2.56. The Kier molecular flexibility index (Phi) is 22.9. The number of nitrogens with one attached hydrogen (secondary N) is 2. The number of aliphatic hydroxyl groups is 1. The summed E-state index contributed by atoms with van der Waals surface area (Å²) in [6.45, 7) is 11.2. The Bertz CT molecular complexity index is 1830. The fraction of sp³-hybridized carbons (Fsp3) is 0.417. The molecule has 4 atom stereocenters. The van der Waals surface area contributed by atoms with Gasteiger partial charge in [0.15, 0.2) is 12.2 Å². The highest BCUT2D eigenvalue weighted by atomic mass is 16.6. The Hall–Kier alpha value is -5.76. The maximum atomic E-state index is 12.8. The van der Waals surface area contributed by atoms with Crippen LogP contribution in [0.4, 0.5) is 9.59 Å². The molecular weight excluding hydrogens is 781 g/mol. The first-order valence-electron chi connectivity index (χ1n) is 20.2. The lowest BCUT2D eigenvalue weighted by Crippen LogP contribution is -2.39. The molecule has 2 amide bonds. The predicted octanol–water partition coefficient (Wildman–Crippen LogP) is 8.41. The minimum Gasteiger partial charge on any atom is -0.479 e. The topological polar surface area (TPSA) is 179 Å². The molecule has 0 aromatic heterocycles. The summed E-state index contributed by atoms with van der Waals surface area (Å²) in [6, 6.07) is 37.9. The van der Waals surface area contributed by atoms with Crippen molar-refractivity contribution in [3.05, 3.63) is 144 Å². The molecule has 4 aromatic rings. The van der Waals surface area contributed by atoms with Crippen molar-refractivity contribution >= 4 is 24.1 Å². The van der Waals surface area contributed by atoms with Gasteiger partial charge in [0.05, 0.1) is 12.6 Å². The SMILES string of the molecule is CC(C)(C)OC(=O)NC[C@@H](O)CCc1ccccc1.CO[C@H](C(=O)O)c1ccccc1.CO[C@H](C(=O)O[C@@H](CCc1ccccc1)CNC(=O)OC(C)(C)C)c1ccccc1. The van der Waals surface area contributed by atoms with Crippen molar-refractivity contribution in [2.24, 2.45) is 0 Å². The zero-order chi connectivity index (χ0) is 45.3. The second-order valence-electron chi connectivity index (χ2n) is 15.9. The molecule has 0 bridgehead atoms. The van der Waals surface area contributed by atoms with Crippen LogP contribution in [0.2, 0.25) is 0 Å². The lowest BCUT2D eigenvalue weighted by Gasteiger charge is -2.24. The molecule has 0 saturated heterocycles. The number of hydrogen-bond donors (Lipinski definition) is 4. The Morgan fingerprint density at radius 1 is 0.557 bits per heavy atom. The number of rotatable bonds is 17. The number of alkyl carbamates (subject to hydrolysis) is 2. The number of carboxylic acids is 1. The summed E-state index contributed by atoms with van der Waals surface area (Å²) in [5, 5.41) is 23.8. The number of carbonyl (C=O) groups excluding carboxylic acids is 3. The number of methoxy groups -OCH3 is 2. The van der Waals surface area contributed by atoms with Gasteiger partial charge in [-0.05, 0) is 89.5 Å². The summed E-state index contributed by atoms with van der Waals surface area (Å²) in [5.74, 6) is -1.46. The van der Waals surface area contributed by atoms with E-state index in [9.17, 15) is 24.3 Å². The van der Waals surface area contributed by atoms with E-state index in [0.717, 1.165) is 12.0 Å². The van der Waals surface area contributed by atoms with Gasteiger partial charge in [0, 0.05) is 20.8 Å². The maximum absolute atomic E-state index is 12.8. The lowest BCUT2D eigenvalue weighted by atomic mass is 10.1. The Balaban J connectivity index is 0.000000351. The Morgan fingerprint density at radius 2 is 0.934 bits per heavy atom. The molecule has 4 rings (SSSR count). The zero-order valence-corrected chi connectivity index (χ0v) is 36.7. The standard InChI is InChI=1S/C24H31NO5.C15H23NO3.C9H10O3/c1-24(2,3)30-23(27)25-17-20(16-15-18-11-7-5-8-12-18)29-22(26)21(28-4)19-13-9-6-10-14-19;1-15(2,3)19-14(18)16-11-13(17)10-9-12-7-5-4-6-8-12;1-12-8(9(10)11)7-5-3-2-4-6-7/h5-14,20-21H,15-17H2,1-4H3,(H,25,27);4-8,13,17H,9-11H2,1-3H3,(H,16,18);2-6,8H,1H3,(H,10,11)/t20-,21-;13-;8-/m000/s1. The largest absolute Gasteiger partial charge is 0.479 e. The second kappa shape index (κ2) is 27.2. The third-order valence-electron chi connectivity index (χ3n) is 8.36. The smallest absolute Gasteiger partial charge is 0.407 e. The van der Waals surface area contributed by atoms with Crippen LogP contribution < -0.4 is 10.6 Å². The molecule has 4 aromatic carbocycles. The van der Waals surface area contributed by atoms with E-state index >= 15 is 0 Å².